The first kappa shape index (κ1) is 22.4. The number of nitrogens with zero attached hydrogens (tertiary/aromatic N) is 2. The molecule has 3 unspecified atom stereocenters. The van der Waals surface area contributed by atoms with Crippen molar-refractivity contribution in [2.24, 2.45) is 5.92 Å². The number of carbonyl (C=O) groups is 4. The summed E-state index contributed by atoms with van der Waals surface area (Å²) in [4.78, 5) is 51.3. The van der Waals surface area contributed by atoms with Crippen LogP contribution in [0.25, 0.3) is 0 Å². The number of urea groups is 1. The van der Waals surface area contributed by atoms with Gasteiger partial charge in [-0.15, -0.1) is 0 Å². The van der Waals surface area contributed by atoms with Crippen LogP contribution in [0.2, 0.25) is 0 Å². The largest absolute Gasteiger partial charge is 0.439 e. The normalized spacial score (nSPS) is 21.9. The second kappa shape index (κ2) is 8.83. The van der Waals surface area contributed by atoms with Gasteiger partial charge < -0.3 is 9.47 Å². The molecule has 0 N–H and O–H groups in total. The van der Waals surface area contributed by atoms with E-state index in [2.05, 4.69) is 13.2 Å². The number of hydrogen-bond acceptors (Lipinski definition) is 6. The molecule has 27 heavy (non-hydrogen) atoms. The molecule has 150 valence electrons. The third kappa shape index (κ3) is 4.75. The lowest BCUT2D eigenvalue weighted by molar-refractivity contribution is -0.157. The Morgan fingerprint density at radius 2 is 1.52 bits per heavy atom. The highest BCUT2D eigenvalue weighted by Crippen LogP contribution is 2.36. The lowest BCUT2D eigenvalue weighted by atomic mass is 9.90. The highest BCUT2D eigenvalue weighted by molar-refractivity contribution is 6.07. The van der Waals surface area contributed by atoms with Gasteiger partial charge in [0.15, 0.2) is 12.5 Å². The molecule has 0 saturated carbocycles. The summed E-state index contributed by atoms with van der Waals surface area (Å²) in [5.74, 6) is -1.68. The number of carbonyl (C=O) groups excluding carboxylic acids is 4. The van der Waals surface area contributed by atoms with E-state index in [1.807, 2.05) is 13.8 Å². The zero-order valence-electron chi connectivity index (χ0n) is 16.6. The topological polar surface area (TPSA) is 93.2 Å². The van der Waals surface area contributed by atoms with Crippen LogP contribution in [0.4, 0.5) is 4.79 Å². The maximum absolute atomic E-state index is 13.1. The molecule has 0 aromatic carbocycles. The van der Waals surface area contributed by atoms with Crippen molar-refractivity contribution in [3.8, 4) is 0 Å². The van der Waals surface area contributed by atoms with E-state index in [0.717, 1.165) is 17.1 Å². The van der Waals surface area contributed by atoms with Crippen LogP contribution >= 0.6 is 0 Å². The Kier molecular flexibility index (Phi) is 7.33. The predicted octanol–water partition coefficient (Wildman–Crippen LogP) is 2.60. The van der Waals surface area contributed by atoms with E-state index in [4.69, 9.17) is 9.47 Å². The number of esters is 2. The average Bonchev–Trinajstić information content (AvgIpc) is 2.79. The minimum Gasteiger partial charge on any atom is -0.439 e. The monoisotopic (exact) mass is 380 g/mol. The molecule has 0 spiro atoms. The maximum atomic E-state index is 13.1. The third-order valence-electron chi connectivity index (χ3n) is 4.47. The predicted molar refractivity (Wildman–Crippen MR) is 98.1 cm³/mol. The van der Waals surface area contributed by atoms with Gasteiger partial charge in [-0.05, 0) is 39.5 Å². The molecular weight excluding hydrogens is 352 g/mol. The first-order valence-corrected chi connectivity index (χ1v) is 8.82. The van der Waals surface area contributed by atoms with Crippen molar-refractivity contribution in [2.45, 2.75) is 65.5 Å². The molecule has 8 nitrogen and oxygen atoms in total. The fourth-order valence-corrected chi connectivity index (χ4v) is 2.99. The van der Waals surface area contributed by atoms with Gasteiger partial charge in [-0.2, -0.15) is 0 Å². The molecule has 3 atom stereocenters. The van der Waals surface area contributed by atoms with Crippen molar-refractivity contribution in [3.63, 3.8) is 0 Å². The van der Waals surface area contributed by atoms with Crippen LogP contribution in [0, 0.1) is 5.92 Å². The second-order valence-electron chi connectivity index (χ2n) is 7.01. The van der Waals surface area contributed by atoms with Crippen LogP contribution in [0.5, 0.6) is 0 Å². The molecule has 0 aromatic rings. The fourth-order valence-electron chi connectivity index (χ4n) is 2.99. The fraction of sp³-hybridized carbons (Fsp3) is 0.579. The van der Waals surface area contributed by atoms with Crippen molar-refractivity contribution in [2.75, 3.05) is 0 Å². The molecule has 1 aliphatic heterocycles. The summed E-state index contributed by atoms with van der Waals surface area (Å²) < 4.78 is 10.2. The standard InChI is InChI=1S/C19H28N2O6/c1-8-15(22)26-13(5)20-17(24)19(7,11-10-12(3)4)21(18(20)25)14(6)27-16(23)9-2/h8-9,12-14H,1-2,10-11H2,3-7H3. The van der Waals surface area contributed by atoms with Crippen molar-refractivity contribution in [1.29, 1.82) is 0 Å². The zero-order chi connectivity index (χ0) is 20.9. The molecule has 0 aliphatic carbocycles. The lowest BCUT2D eigenvalue weighted by Gasteiger charge is -2.35. The Hall–Kier alpha value is -2.64. The molecule has 1 rings (SSSR count). The molecule has 0 bridgehead atoms. The van der Waals surface area contributed by atoms with E-state index in [1.165, 1.54) is 18.7 Å². The number of ether oxygens (including phenoxy) is 2. The van der Waals surface area contributed by atoms with Gasteiger partial charge >= 0.3 is 18.0 Å². The van der Waals surface area contributed by atoms with Crippen molar-refractivity contribution in [3.05, 3.63) is 25.3 Å². The van der Waals surface area contributed by atoms with E-state index in [9.17, 15) is 19.2 Å². The van der Waals surface area contributed by atoms with Crippen molar-refractivity contribution >= 4 is 23.9 Å². The van der Waals surface area contributed by atoms with Crippen LogP contribution in [-0.2, 0) is 23.9 Å². The number of imide groups is 1. The molecule has 3 amide bonds. The Labute approximate surface area is 159 Å². The Bertz CT molecular complexity index is 644. The van der Waals surface area contributed by atoms with Gasteiger partial charge in [0.2, 0.25) is 0 Å². The van der Waals surface area contributed by atoms with Gasteiger partial charge in [-0.25, -0.2) is 19.3 Å². The number of amides is 3. The quantitative estimate of drug-likeness (QED) is 0.347. The summed E-state index contributed by atoms with van der Waals surface area (Å²) in [6.07, 6.45) is 0.840. The van der Waals surface area contributed by atoms with Crippen LogP contribution in [0.15, 0.2) is 25.3 Å². The molecule has 8 heteroatoms. The summed E-state index contributed by atoms with van der Waals surface area (Å²) >= 11 is 0. The molecule has 1 fully saturated rings. The molecule has 0 radical (unpaired) electrons. The minimum absolute atomic E-state index is 0.294. The molecule has 0 aromatic heterocycles. The van der Waals surface area contributed by atoms with Gasteiger partial charge in [0.25, 0.3) is 5.91 Å². The molecule has 1 aliphatic rings. The Morgan fingerprint density at radius 1 is 1.04 bits per heavy atom. The van der Waals surface area contributed by atoms with E-state index < -0.39 is 41.9 Å². The third-order valence-corrected chi connectivity index (χ3v) is 4.47. The average molecular weight is 380 g/mol. The van der Waals surface area contributed by atoms with Gasteiger partial charge in [0.05, 0.1) is 0 Å². The highest BCUT2D eigenvalue weighted by Gasteiger charge is 2.58. The summed E-state index contributed by atoms with van der Waals surface area (Å²) in [7, 11) is 0. The summed E-state index contributed by atoms with van der Waals surface area (Å²) in [5, 5.41) is 0. The number of hydrogen-bond donors (Lipinski definition) is 0. The van der Waals surface area contributed by atoms with Crippen LogP contribution in [-0.4, -0.2) is 51.7 Å². The van der Waals surface area contributed by atoms with Crippen LogP contribution in [0.3, 0.4) is 0 Å². The van der Waals surface area contributed by atoms with Crippen molar-refractivity contribution < 1.29 is 28.7 Å². The van der Waals surface area contributed by atoms with Crippen molar-refractivity contribution in [1.82, 2.24) is 9.80 Å². The van der Waals surface area contributed by atoms with Gasteiger partial charge in [-0.1, -0.05) is 27.0 Å². The summed E-state index contributed by atoms with van der Waals surface area (Å²) in [5.41, 5.74) is -1.24. The maximum Gasteiger partial charge on any atom is 0.333 e. The zero-order valence-corrected chi connectivity index (χ0v) is 16.6. The van der Waals surface area contributed by atoms with E-state index >= 15 is 0 Å². The summed E-state index contributed by atoms with van der Waals surface area (Å²) in [6, 6.07) is -0.694. The minimum atomic E-state index is -1.24. The van der Waals surface area contributed by atoms with Gasteiger partial charge in [0.1, 0.15) is 5.54 Å². The van der Waals surface area contributed by atoms with Crippen LogP contribution < -0.4 is 0 Å². The van der Waals surface area contributed by atoms with Gasteiger partial charge in [-0.3, -0.25) is 9.69 Å². The summed E-state index contributed by atoms with van der Waals surface area (Å²) in [6.45, 7) is 15.2. The van der Waals surface area contributed by atoms with Gasteiger partial charge in [0, 0.05) is 12.2 Å². The second-order valence-corrected chi connectivity index (χ2v) is 7.01. The highest BCUT2D eigenvalue weighted by atomic mass is 16.6. The Morgan fingerprint density at radius 3 is 1.96 bits per heavy atom. The SMILES string of the molecule is C=CC(=O)OC(C)N1C(=O)N(C(C)OC(=O)C=C)C(C)(CCC(C)C)C1=O. The first-order chi connectivity index (χ1) is 12.5. The molecular formula is C19H28N2O6. The van der Waals surface area contributed by atoms with E-state index in [-0.39, 0.29) is 0 Å². The lowest BCUT2D eigenvalue weighted by Crippen LogP contribution is -2.52. The first-order valence-electron chi connectivity index (χ1n) is 8.82. The van der Waals surface area contributed by atoms with E-state index in [0.29, 0.717) is 18.8 Å². The molecule has 1 heterocycles. The van der Waals surface area contributed by atoms with E-state index in [1.54, 1.807) is 6.92 Å². The molecule has 1 saturated heterocycles. The Balaban J connectivity index is 3.25. The smallest absolute Gasteiger partial charge is 0.333 e. The van der Waals surface area contributed by atoms with Crippen LogP contribution in [0.1, 0.15) is 47.5 Å². The number of rotatable bonds is 9.